The van der Waals surface area contributed by atoms with E-state index in [2.05, 4.69) is 10.3 Å². The molecule has 3 heterocycles. The van der Waals surface area contributed by atoms with E-state index in [-0.39, 0.29) is 5.91 Å². The second kappa shape index (κ2) is 7.36. The Bertz CT molecular complexity index is 1320. The van der Waals surface area contributed by atoms with Gasteiger partial charge in [-0.05, 0) is 55.5 Å². The average molecular weight is 446 g/mol. The molecule has 0 bridgehead atoms. The van der Waals surface area contributed by atoms with Crippen molar-refractivity contribution in [2.45, 2.75) is 31.8 Å². The average Bonchev–Trinajstić information content (AvgIpc) is 3.18. The Labute approximate surface area is 189 Å². The SMILES string of the molecule is O=C1c2c(sc3c2CCCC3)N[C@@H](c2cc3ccccc3nc2Cl)N1c1ccccc1. The second-order valence-corrected chi connectivity index (χ2v) is 9.50. The fourth-order valence-corrected chi connectivity index (χ4v) is 6.24. The number of amides is 1. The molecule has 1 atom stereocenters. The summed E-state index contributed by atoms with van der Waals surface area (Å²) < 4.78 is 0. The van der Waals surface area contributed by atoms with Crippen LogP contribution < -0.4 is 10.2 Å². The minimum atomic E-state index is -0.424. The minimum Gasteiger partial charge on any atom is -0.352 e. The molecule has 31 heavy (non-hydrogen) atoms. The molecule has 1 amide bonds. The number of pyridine rings is 1. The van der Waals surface area contributed by atoms with E-state index in [1.165, 1.54) is 16.9 Å². The van der Waals surface area contributed by atoms with Crippen LogP contribution in [-0.2, 0) is 12.8 Å². The van der Waals surface area contributed by atoms with Crippen LogP contribution in [0.4, 0.5) is 10.7 Å². The summed E-state index contributed by atoms with van der Waals surface area (Å²) in [6, 6.07) is 19.8. The van der Waals surface area contributed by atoms with E-state index in [0.717, 1.165) is 52.0 Å². The highest BCUT2D eigenvalue weighted by molar-refractivity contribution is 7.16. The molecule has 6 rings (SSSR count). The van der Waals surface area contributed by atoms with E-state index in [0.29, 0.717) is 5.15 Å². The zero-order valence-corrected chi connectivity index (χ0v) is 18.3. The van der Waals surface area contributed by atoms with Crippen molar-refractivity contribution < 1.29 is 4.79 Å². The van der Waals surface area contributed by atoms with Gasteiger partial charge in [0.25, 0.3) is 5.91 Å². The summed E-state index contributed by atoms with van der Waals surface area (Å²) in [6.45, 7) is 0. The lowest BCUT2D eigenvalue weighted by atomic mass is 9.93. The predicted octanol–water partition coefficient (Wildman–Crippen LogP) is 6.60. The van der Waals surface area contributed by atoms with Crippen LogP contribution in [0.3, 0.4) is 0 Å². The summed E-state index contributed by atoms with van der Waals surface area (Å²) in [5.41, 5.74) is 4.55. The number of carbonyl (C=O) groups excluding carboxylic acids is 1. The van der Waals surface area contributed by atoms with E-state index in [4.69, 9.17) is 11.6 Å². The normalized spacial score (nSPS) is 17.9. The van der Waals surface area contributed by atoms with Gasteiger partial charge >= 0.3 is 0 Å². The number of aryl methyl sites for hydroxylation is 1. The first-order valence-corrected chi connectivity index (χ1v) is 11.7. The van der Waals surface area contributed by atoms with Crippen LogP contribution >= 0.6 is 22.9 Å². The Morgan fingerprint density at radius 2 is 1.81 bits per heavy atom. The van der Waals surface area contributed by atoms with Crippen molar-refractivity contribution in [2.24, 2.45) is 0 Å². The molecule has 0 radical (unpaired) electrons. The summed E-state index contributed by atoms with van der Waals surface area (Å²) in [5.74, 6) is 0.0357. The van der Waals surface area contributed by atoms with Crippen molar-refractivity contribution in [3.63, 3.8) is 0 Å². The largest absolute Gasteiger partial charge is 0.352 e. The van der Waals surface area contributed by atoms with E-state index < -0.39 is 6.17 Å². The molecule has 0 unspecified atom stereocenters. The Kier molecular flexibility index (Phi) is 4.47. The predicted molar refractivity (Wildman–Crippen MR) is 127 cm³/mol. The standard InChI is InChI=1S/C25H20ClN3OS/c26-22-18(14-15-8-4-6-12-19(15)27-22)23-28-24-21(17-11-5-7-13-20(17)31-24)25(30)29(23)16-9-2-1-3-10-16/h1-4,6,8-10,12,14,23,28H,5,7,11,13H2/t23-/m1/s1. The lowest BCUT2D eigenvalue weighted by molar-refractivity contribution is 0.0974. The van der Waals surface area contributed by atoms with Gasteiger partial charge in [-0.3, -0.25) is 9.69 Å². The van der Waals surface area contributed by atoms with Crippen molar-refractivity contribution in [1.82, 2.24) is 4.98 Å². The fourth-order valence-electron chi connectivity index (χ4n) is 4.69. The first-order chi connectivity index (χ1) is 15.2. The van der Waals surface area contributed by atoms with Crippen molar-refractivity contribution in [2.75, 3.05) is 10.2 Å². The smallest absolute Gasteiger partial charge is 0.263 e. The molecule has 2 aromatic carbocycles. The number of para-hydroxylation sites is 2. The summed E-state index contributed by atoms with van der Waals surface area (Å²) in [5, 5.41) is 6.02. The molecule has 1 aliphatic heterocycles. The van der Waals surface area contributed by atoms with Gasteiger partial charge in [0.1, 0.15) is 16.3 Å². The third-order valence-electron chi connectivity index (χ3n) is 6.16. The molecular formula is C25H20ClN3OS. The molecule has 1 N–H and O–H groups in total. The Morgan fingerprint density at radius 1 is 1.03 bits per heavy atom. The maximum absolute atomic E-state index is 13.9. The monoisotopic (exact) mass is 445 g/mol. The minimum absolute atomic E-state index is 0.0357. The number of anilines is 2. The molecule has 2 aliphatic rings. The van der Waals surface area contributed by atoms with Crippen molar-refractivity contribution in [3.8, 4) is 0 Å². The lowest BCUT2D eigenvalue weighted by Crippen LogP contribution is -2.43. The van der Waals surface area contributed by atoms with Crippen LogP contribution in [0.1, 0.15) is 45.4 Å². The van der Waals surface area contributed by atoms with Gasteiger partial charge in [-0.25, -0.2) is 4.98 Å². The maximum Gasteiger partial charge on any atom is 0.263 e. The van der Waals surface area contributed by atoms with Crippen molar-refractivity contribution in [3.05, 3.63) is 87.4 Å². The van der Waals surface area contributed by atoms with E-state index in [9.17, 15) is 4.79 Å². The first kappa shape index (κ1) is 18.8. The summed E-state index contributed by atoms with van der Waals surface area (Å²) in [6.07, 6.45) is 3.93. The molecule has 0 saturated heterocycles. The molecule has 0 saturated carbocycles. The van der Waals surface area contributed by atoms with Crippen LogP contribution in [0.25, 0.3) is 10.9 Å². The number of halogens is 1. The first-order valence-electron chi connectivity index (χ1n) is 10.6. The highest BCUT2D eigenvalue weighted by Gasteiger charge is 2.39. The number of aromatic nitrogens is 1. The molecule has 0 spiro atoms. The Balaban J connectivity index is 1.55. The summed E-state index contributed by atoms with van der Waals surface area (Å²) >= 11 is 8.40. The van der Waals surface area contributed by atoms with Crippen LogP contribution in [0.15, 0.2) is 60.7 Å². The number of fused-ring (bicyclic) bond motifs is 4. The summed E-state index contributed by atoms with van der Waals surface area (Å²) in [4.78, 5) is 21.7. The van der Waals surface area contributed by atoms with Crippen LogP contribution in [0, 0.1) is 0 Å². The number of hydrogen-bond donors (Lipinski definition) is 1. The van der Waals surface area contributed by atoms with Gasteiger partial charge in [-0.2, -0.15) is 0 Å². The molecular weight excluding hydrogens is 426 g/mol. The Hall–Kier alpha value is -2.89. The number of nitrogens with zero attached hydrogens (tertiary/aromatic N) is 2. The molecule has 2 aromatic heterocycles. The number of nitrogens with one attached hydrogen (secondary N) is 1. The van der Waals surface area contributed by atoms with Gasteiger partial charge in [0.05, 0.1) is 11.1 Å². The van der Waals surface area contributed by atoms with E-state index in [1.54, 1.807) is 11.3 Å². The third-order valence-corrected chi connectivity index (χ3v) is 7.69. The van der Waals surface area contributed by atoms with Gasteiger partial charge in [-0.1, -0.05) is 48.0 Å². The summed E-state index contributed by atoms with van der Waals surface area (Å²) in [7, 11) is 0. The second-order valence-electron chi connectivity index (χ2n) is 8.03. The zero-order chi connectivity index (χ0) is 20.9. The third kappa shape index (κ3) is 3.03. The van der Waals surface area contributed by atoms with Gasteiger partial charge in [0.2, 0.25) is 0 Å². The highest BCUT2D eigenvalue weighted by atomic mass is 35.5. The van der Waals surface area contributed by atoms with Crippen molar-refractivity contribution >= 4 is 50.4 Å². The van der Waals surface area contributed by atoms with Gasteiger partial charge in [0, 0.05) is 21.5 Å². The molecule has 6 heteroatoms. The van der Waals surface area contributed by atoms with Gasteiger partial charge in [-0.15, -0.1) is 11.3 Å². The molecule has 154 valence electrons. The molecule has 0 fully saturated rings. The highest BCUT2D eigenvalue weighted by Crippen LogP contribution is 2.46. The number of rotatable bonds is 2. The maximum atomic E-state index is 13.9. The lowest BCUT2D eigenvalue weighted by Gasteiger charge is -2.37. The number of carbonyl (C=O) groups is 1. The molecule has 4 nitrogen and oxygen atoms in total. The number of hydrogen-bond acceptors (Lipinski definition) is 4. The van der Waals surface area contributed by atoms with Crippen LogP contribution in [0.2, 0.25) is 5.15 Å². The van der Waals surface area contributed by atoms with Crippen LogP contribution in [0.5, 0.6) is 0 Å². The van der Waals surface area contributed by atoms with E-state index >= 15 is 0 Å². The molecule has 4 aromatic rings. The van der Waals surface area contributed by atoms with Crippen LogP contribution in [-0.4, -0.2) is 10.9 Å². The number of benzene rings is 2. The topological polar surface area (TPSA) is 45.2 Å². The number of thiophene rings is 1. The molecule has 1 aliphatic carbocycles. The van der Waals surface area contributed by atoms with Gasteiger partial charge < -0.3 is 5.32 Å². The Morgan fingerprint density at radius 3 is 2.68 bits per heavy atom. The van der Waals surface area contributed by atoms with Crippen molar-refractivity contribution in [1.29, 1.82) is 0 Å². The zero-order valence-electron chi connectivity index (χ0n) is 16.8. The fraction of sp³-hybridized carbons (Fsp3) is 0.200. The van der Waals surface area contributed by atoms with Gasteiger partial charge in [0.15, 0.2) is 0 Å². The quantitative estimate of drug-likeness (QED) is 0.353. The van der Waals surface area contributed by atoms with E-state index in [1.807, 2.05) is 65.6 Å².